The van der Waals surface area contributed by atoms with Crippen LogP contribution in [0, 0.1) is 5.92 Å². The molecule has 6 nitrogen and oxygen atoms in total. The first-order valence-electron chi connectivity index (χ1n) is 6.90. The highest BCUT2D eigenvalue weighted by Gasteiger charge is 2.10. The van der Waals surface area contributed by atoms with Gasteiger partial charge in [-0.1, -0.05) is 6.08 Å². The van der Waals surface area contributed by atoms with E-state index in [0.717, 1.165) is 0 Å². The maximum absolute atomic E-state index is 12.8. The van der Waals surface area contributed by atoms with E-state index in [1.807, 2.05) is 0 Å². The normalized spacial score (nSPS) is 19.2. The predicted octanol–water partition coefficient (Wildman–Crippen LogP) is 2.07. The third-order valence-electron chi connectivity index (χ3n) is 2.85. The molecule has 0 aromatic heterocycles. The monoisotopic (exact) mass is 309 g/mol. The SMILES string of the molecule is CCOC(=O)C(C=NC(=NC)NCC1C=CC(F)=CC1)=CO. The van der Waals surface area contributed by atoms with Gasteiger partial charge in [-0.3, -0.25) is 4.99 Å². The number of aliphatic hydroxyl groups excluding tert-OH is 1. The van der Waals surface area contributed by atoms with Gasteiger partial charge in [-0.05, 0) is 31.4 Å². The number of esters is 1. The molecule has 0 bridgehead atoms. The Balaban J connectivity index is 2.53. The Kier molecular flexibility index (Phi) is 7.60. The van der Waals surface area contributed by atoms with Gasteiger partial charge in [-0.15, -0.1) is 0 Å². The number of hydrogen-bond donors (Lipinski definition) is 2. The maximum atomic E-state index is 12.8. The van der Waals surface area contributed by atoms with E-state index in [2.05, 4.69) is 15.3 Å². The number of rotatable bonds is 5. The average molecular weight is 309 g/mol. The molecule has 2 N–H and O–H groups in total. The lowest BCUT2D eigenvalue weighted by atomic mass is 10.0. The topological polar surface area (TPSA) is 83.3 Å². The molecule has 0 aromatic rings. The van der Waals surface area contributed by atoms with Gasteiger partial charge in [-0.2, -0.15) is 0 Å². The number of guanidine groups is 1. The Morgan fingerprint density at radius 1 is 1.64 bits per heavy atom. The number of carbonyl (C=O) groups is 1. The molecule has 0 saturated heterocycles. The minimum Gasteiger partial charge on any atom is -0.515 e. The number of nitrogens with zero attached hydrogens (tertiary/aromatic N) is 2. The van der Waals surface area contributed by atoms with Crippen LogP contribution in [0.3, 0.4) is 0 Å². The van der Waals surface area contributed by atoms with Crippen molar-refractivity contribution in [2.24, 2.45) is 15.9 Å². The molecular formula is C15H20FN3O3. The smallest absolute Gasteiger partial charge is 0.342 e. The zero-order valence-electron chi connectivity index (χ0n) is 12.6. The molecule has 0 aromatic carbocycles. The summed E-state index contributed by atoms with van der Waals surface area (Å²) >= 11 is 0. The Bertz CT molecular complexity index is 536. The second kappa shape index (κ2) is 9.49. The van der Waals surface area contributed by atoms with E-state index < -0.39 is 5.97 Å². The van der Waals surface area contributed by atoms with E-state index in [1.165, 1.54) is 18.4 Å². The van der Waals surface area contributed by atoms with Crippen LogP contribution in [0.1, 0.15) is 13.3 Å². The quantitative estimate of drug-likeness (QED) is 0.268. The maximum Gasteiger partial charge on any atom is 0.342 e. The number of hydrogen-bond acceptors (Lipinski definition) is 4. The van der Waals surface area contributed by atoms with Crippen LogP contribution in [0.5, 0.6) is 0 Å². The van der Waals surface area contributed by atoms with Crippen LogP contribution in [0.25, 0.3) is 0 Å². The minimum atomic E-state index is -0.667. The van der Waals surface area contributed by atoms with Crippen molar-refractivity contribution in [3.63, 3.8) is 0 Å². The second-order valence-electron chi connectivity index (χ2n) is 4.44. The third kappa shape index (κ3) is 5.90. The van der Waals surface area contributed by atoms with Crippen LogP contribution >= 0.6 is 0 Å². The van der Waals surface area contributed by atoms with Crippen LogP contribution in [0.15, 0.2) is 45.9 Å². The minimum absolute atomic E-state index is 0.0765. The van der Waals surface area contributed by atoms with Crippen molar-refractivity contribution in [3.8, 4) is 0 Å². The van der Waals surface area contributed by atoms with Crippen molar-refractivity contribution >= 4 is 18.1 Å². The molecule has 0 radical (unpaired) electrons. The third-order valence-corrected chi connectivity index (χ3v) is 2.85. The van der Waals surface area contributed by atoms with Crippen molar-refractivity contribution in [2.45, 2.75) is 13.3 Å². The van der Waals surface area contributed by atoms with Crippen molar-refractivity contribution in [2.75, 3.05) is 20.2 Å². The van der Waals surface area contributed by atoms with Gasteiger partial charge in [0.25, 0.3) is 0 Å². The second-order valence-corrected chi connectivity index (χ2v) is 4.44. The van der Waals surface area contributed by atoms with Gasteiger partial charge in [0.05, 0.1) is 12.9 Å². The highest BCUT2D eigenvalue weighted by atomic mass is 19.1. The number of carbonyl (C=O) groups excluding carboxylic acids is 1. The number of halogens is 1. The highest BCUT2D eigenvalue weighted by molar-refractivity contribution is 6.11. The van der Waals surface area contributed by atoms with Gasteiger partial charge in [0.2, 0.25) is 5.96 Å². The zero-order chi connectivity index (χ0) is 16.4. The van der Waals surface area contributed by atoms with Gasteiger partial charge < -0.3 is 15.2 Å². The molecule has 0 amide bonds. The fourth-order valence-electron chi connectivity index (χ4n) is 1.68. The lowest BCUT2D eigenvalue weighted by Gasteiger charge is -2.14. The number of aliphatic imine (C=N–C) groups is 2. The number of aliphatic hydroxyl groups is 1. The summed E-state index contributed by atoms with van der Waals surface area (Å²) in [7, 11) is 1.54. The van der Waals surface area contributed by atoms with Crippen molar-refractivity contribution in [1.29, 1.82) is 0 Å². The molecular weight excluding hydrogens is 289 g/mol. The van der Waals surface area contributed by atoms with Crippen LogP contribution in [-0.2, 0) is 9.53 Å². The molecule has 1 aliphatic carbocycles. The van der Waals surface area contributed by atoms with Gasteiger partial charge in [0.15, 0.2) is 0 Å². The van der Waals surface area contributed by atoms with Crippen molar-refractivity contribution in [3.05, 3.63) is 35.9 Å². The van der Waals surface area contributed by atoms with E-state index in [4.69, 9.17) is 9.84 Å². The first-order chi connectivity index (χ1) is 10.6. The molecule has 7 heteroatoms. The number of ether oxygens (including phenoxy) is 1. The molecule has 1 atom stereocenters. The lowest BCUT2D eigenvalue weighted by molar-refractivity contribution is -0.137. The van der Waals surface area contributed by atoms with Crippen LogP contribution in [0.4, 0.5) is 4.39 Å². The fraction of sp³-hybridized carbons (Fsp3) is 0.400. The first kappa shape index (κ1) is 17.6. The molecule has 1 rings (SSSR count). The molecule has 1 aliphatic rings. The summed E-state index contributed by atoms with van der Waals surface area (Å²) in [5.74, 6) is -0.456. The van der Waals surface area contributed by atoms with Gasteiger partial charge in [0, 0.05) is 19.8 Å². The first-order valence-corrected chi connectivity index (χ1v) is 6.90. The summed E-state index contributed by atoms with van der Waals surface area (Å²) in [5.41, 5.74) is -0.0765. The van der Waals surface area contributed by atoms with E-state index in [9.17, 15) is 9.18 Å². The van der Waals surface area contributed by atoms with E-state index in [0.29, 0.717) is 25.2 Å². The standard InChI is InChI=1S/C15H20FN3O3/c1-3-22-14(21)12(10-20)9-19-15(17-2)18-8-11-4-6-13(16)7-5-11/h4,6-7,9-11,20H,3,5,8H2,1-2H3,(H,17,18). The Morgan fingerprint density at radius 2 is 2.41 bits per heavy atom. The van der Waals surface area contributed by atoms with Crippen molar-refractivity contribution in [1.82, 2.24) is 5.32 Å². The van der Waals surface area contributed by atoms with Crippen LogP contribution in [0.2, 0.25) is 0 Å². The largest absolute Gasteiger partial charge is 0.515 e. The summed E-state index contributed by atoms with van der Waals surface area (Å²) in [5, 5.41) is 12.0. The Hall–Kier alpha value is -2.44. The van der Waals surface area contributed by atoms with Crippen molar-refractivity contribution < 1.29 is 19.0 Å². The zero-order valence-corrected chi connectivity index (χ0v) is 12.6. The van der Waals surface area contributed by atoms with Crippen LogP contribution in [-0.4, -0.2) is 43.4 Å². The van der Waals surface area contributed by atoms with E-state index >= 15 is 0 Å². The van der Waals surface area contributed by atoms with Gasteiger partial charge in [0.1, 0.15) is 11.4 Å². The molecule has 0 fully saturated rings. The molecule has 0 saturated carbocycles. The Morgan fingerprint density at radius 3 is 2.95 bits per heavy atom. The summed E-state index contributed by atoms with van der Waals surface area (Å²) in [6.07, 6.45) is 7.12. The lowest BCUT2D eigenvalue weighted by Crippen LogP contribution is -2.28. The highest BCUT2D eigenvalue weighted by Crippen LogP contribution is 2.16. The summed E-state index contributed by atoms with van der Waals surface area (Å²) < 4.78 is 17.6. The number of nitrogens with one attached hydrogen (secondary N) is 1. The molecule has 1 unspecified atom stereocenters. The van der Waals surface area contributed by atoms with E-state index in [-0.39, 0.29) is 23.9 Å². The Labute approximate surface area is 128 Å². The van der Waals surface area contributed by atoms with Gasteiger partial charge in [-0.25, -0.2) is 14.2 Å². The summed E-state index contributed by atoms with van der Waals surface area (Å²) in [4.78, 5) is 19.4. The fourth-order valence-corrected chi connectivity index (χ4v) is 1.68. The summed E-state index contributed by atoms with van der Waals surface area (Å²) in [6, 6.07) is 0. The molecule has 0 aliphatic heterocycles. The summed E-state index contributed by atoms with van der Waals surface area (Å²) in [6.45, 7) is 2.40. The number of allylic oxidation sites excluding steroid dienone is 3. The van der Waals surface area contributed by atoms with Gasteiger partial charge >= 0.3 is 5.97 Å². The molecule has 120 valence electrons. The van der Waals surface area contributed by atoms with E-state index in [1.54, 1.807) is 20.0 Å². The molecule has 0 heterocycles. The molecule has 0 spiro atoms. The predicted molar refractivity (Wildman–Crippen MR) is 83.6 cm³/mol. The van der Waals surface area contributed by atoms with Crippen LogP contribution < -0.4 is 5.32 Å². The molecule has 22 heavy (non-hydrogen) atoms. The average Bonchev–Trinajstić information content (AvgIpc) is 2.52.